The van der Waals surface area contributed by atoms with Gasteiger partial charge in [0.05, 0.1) is 12.1 Å². The molecule has 2 amide bonds. The zero-order chi connectivity index (χ0) is 17.1. The van der Waals surface area contributed by atoms with Crippen molar-refractivity contribution in [2.45, 2.75) is 19.8 Å². The largest absolute Gasteiger partial charge is 0.481 e. The number of urea groups is 1. The molecule has 3 heterocycles. The second kappa shape index (κ2) is 6.69. The molecule has 8 heteroatoms. The molecule has 1 fully saturated rings. The first kappa shape index (κ1) is 16.0. The molecule has 1 aliphatic heterocycles. The molecule has 0 spiro atoms. The van der Waals surface area contributed by atoms with E-state index in [-0.39, 0.29) is 12.6 Å². The molecular weight excluding hydrogens is 310 g/mol. The third-order valence-electron chi connectivity index (χ3n) is 4.05. The molecule has 1 aliphatic rings. The second-order valence-electron chi connectivity index (χ2n) is 5.87. The van der Waals surface area contributed by atoms with Crippen molar-refractivity contribution in [3.8, 4) is 5.82 Å². The Morgan fingerprint density at radius 3 is 2.92 bits per heavy atom. The molecule has 0 bridgehead atoms. The molecular formula is C16H19N5O3. The maximum Gasteiger partial charge on any atom is 0.323 e. The summed E-state index contributed by atoms with van der Waals surface area (Å²) in [7, 11) is 0. The topological polar surface area (TPSA) is 100 Å². The SMILES string of the molecule is Cc1ccnc(-n2nccc2NC(=O)N2CCCC(C(=O)O)C2)c1. The molecule has 0 saturated carbocycles. The van der Waals surface area contributed by atoms with Gasteiger partial charge in [0.1, 0.15) is 5.82 Å². The lowest BCUT2D eigenvalue weighted by molar-refractivity contribution is -0.143. The van der Waals surface area contributed by atoms with Crippen molar-refractivity contribution in [3.05, 3.63) is 36.2 Å². The van der Waals surface area contributed by atoms with Crippen LogP contribution in [0.3, 0.4) is 0 Å². The van der Waals surface area contributed by atoms with Gasteiger partial charge >= 0.3 is 12.0 Å². The van der Waals surface area contributed by atoms with Crippen molar-refractivity contribution in [1.29, 1.82) is 0 Å². The van der Waals surface area contributed by atoms with E-state index in [1.165, 1.54) is 4.90 Å². The quantitative estimate of drug-likeness (QED) is 0.896. The summed E-state index contributed by atoms with van der Waals surface area (Å²) in [6, 6.07) is 5.10. The molecule has 8 nitrogen and oxygen atoms in total. The van der Waals surface area contributed by atoms with Crippen LogP contribution in [0.15, 0.2) is 30.6 Å². The van der Waals surface area contributed by atoms with Gasteiger partial charge in [-0.2, -0.15) is 9.78 Å². The zero-order valence-corrected chi connectivity index (χ0v) is 13.3. The Kier molecular flexibility index (Phi) is 4.45. The van der Waals surface area contributed by atoms with E-state index < -0.39 is 11.9 Å². The lowest BCUT2D eigenvalue weighted by Gasteiger charge is -2.30. The van der Waals surface area contributed by atoms with Crippen LogP contribution in [0, 0.1) is 12.8 Å². The Morgan fingerprint density at radius 2 is 2.17 bits per heavy atom. The Hall–Kier alpha value is -2.90. The molecule has 1 unspecified atom stereocenters. The summed E-state index contributed by atoms with van der Waals surface area (Å²) in [5.41, 5.74) is 1.04. The van der Waals surface area contributed by atoms with E-state index in [1.54, 1.807) is 23.1 Å². The standard InChI is InChI=1S/C16H19N5O3/c1-11-4-6-17-14(9-11)21-13(5-7-18-21)19-16(24)20-8-2-3-12(10-20)15(22)23/h4-7,9,12H,2-3,8,10H2,1H3,(H,19,24)(H,22,23). The molecule has 1 atom stereocenters. The van der Waals surface area contributed by atoms with E-state index in [0.717, 1.165) is 5.56 Å². The fraction of sp³-hybridized carbons (Fsp3) is 0.375. The summed E-state index contributed by atoms with van der Waals surface area (Å²) in [5, 5.41) is 16.1. The smallest absolute Gasteiger partial charge is 0.323 e. The summed E-state index contributed by atoms with van der Waals surface area (Å²) in [6.07, 6.45) is 4.54. The van der Waals surface area contributed by atoms with E-state index in [4.69, 9.17) is 5.11 Å². The number of nitrogens with one attached hydrogen (secondary N) is 1. The average Bonchev–Trinajstić information content (AvgIpc) is 3.03. The van der Waals surface area contributed by atoms with Crippen LogP contribution in [0.25, 0.3) is 5.82 Å². The molecule has 0 aromatic carbocycles. The molecule has 1 saturated heterocycles. The maximum atomic E-state index is 12.4. The number of amides is 2. The van der Waals surface area contributed by atoms with E-state index in [1.807, 2.05) is 19.1 Å². The molecule has 3 rings (SSSR count). The molecule has 0 radical (unpaired) electrons. The predicted molar refractivity (Wildman–Crippen MR) is 87.0 cm³/mol. The summed E-state index contributed by atoms with van der Waals surface area (Å²) in [5.74, 6) is -0.262. The first-order valence-corrected chi connectivity index (χ1v) is 7.80. The van der Waals surface area contributed by atoms with Gasteiger partial charge in [-0.1, -0.05) is 0 Å². The highest BCUT2D eigenvalue weighted by molar-refractivity contribution is 5.89. The van der Waals surface area contributed by atoms with Crippen molar-refractivity contribution < 1.29 is 14.7 Å². The maximum absolute atomic E-state index is 12.4. The normalized spacial score (nSPS) is 17.5. The number of carboxylic acid groups (broad SMARTS) is 1. The number of likely N-dealkylation sites (tertiary alicyclic amines) is 1. The van der Waals surface area contributed by atoms with E-state index >= 15 is 0 Å². The molecule has 2 aromatic rings. The number of nitrogens with zero attached hydrogens (tertiary/aromatic N) is 4. The first-order chi connectivity index (χ1) is 11.5. The highest BCUT2D eigenvalue weighted by Crippen LogP contribution is 2.19. The number of rotatable bonds is 3. The number of anilines is 1. The zero-order valence-electron chi connectivity index (χ0n) is 13.3. The molecule has 2 aromatic heterocycles. The summed E-state index contributed by atoms with van der Waals surface area (Å²) < 4.78 is 1.55. The summed E-state index contributed by atoms with van der Waals surface area (Å²) >= 11 is 0. The van der Waals surface area contributed by atoms with Crippen LogP contribution in [0.4, 0.5) is 10.6 Å². The highest BCUT2D eigenvalue weighted by Gasteiger charge is 2.28. The summed E-state index contributed by atoms with van der Waals surface area (Å²) in [6.45, 7) is 2.72. The molecule has 0 aliphatic carbocycles. The Balaban J connectivity index is 1.74. The highest BCUT2D eigenvalue weighted by atomic mass is 16.4. The lowest BCUT2D eigenvalue weighted by atomic mass is 9.99. The van der Waals surface area contributed by atoms with Gasteiger partial charge in [-0.25, -0.2) is 9.78 Å². The molecule has 126 valence electrons. The van der Waals surface area contributed by atoms with E-state index in [2.05, 4.69) is 15.4 Å². The van der Waals surface area contributed by atoms with Crippen LogP contribution in [-0.4, -0.2) is 49.9 Å². The number of aliphatic carboxylic acids is 1. The van der Waals surface area contributed by atoms with Crippen molar-refractivity contribution in [3.63, 3.8) is 0 Å². The van der Waals surface area contributed by atoms with Gasteiger partial charge in [-0.3, -0.25) is 10.1 Å². The number of carbonyl (C=O) groups excluding carboxylic acids is 1. The van der Waals surface area contributed by atoms with Gasteiger partial charge in [0.15, 0.2) is 5.82 Å². The van der Waals surface area contributed by atoms with Crippen LogP contribution in [-0.2, 0) is 4.79 Å². The molecule has 2 N–H and O–H groups in total. The minimum Gasteiger partial charge on any atom is -0.481 e. The minimum absolute atomic E-state index is 0.220. The lowest BCUT2D eigenvalue weighted by Crippen LogP contribution is -2.44. The van der Waals surface area contributed by atoms with E-state index in [9.17, 15) is 9.59 Å². The fourth-order valence-electron chi connectivity index (χ4n) is 2.77. The minimum atomic E-state index is -0.860. The molecule has 24 heavy (non-hydrogen) atoms. The van der Waals surface area contributed by atoms with Crippen LogP contribution < -0.4 is 5.32 Å². The Bertz CT molecular complexity index is 758. The van der Waals surface area contributed by atoms with Crippen LogP contribution in [0.1, 0.15) is 18.4 Å². The van der Waals surface area contributed by atoms with Gasteiger partial charge in [0.25, 0.3) is 0 Å². The number of aryl methyl sites for hydroxylation is 1. The number of hydrogen-bond donors (Lipinski definition) is 2. The average molecular weight is 329 g/mol. The van der Waals surface area contributed by atoms with Gasteiger partial charge in [0.2, 0.25) is 0 Å². The fourth-order valence-corrected chi connectivity index (χ4v) is 2.77. The van der Waals surface area contributed by atoms with Gasteiger partial charge < -0.3 is 10.0 Å². The number of piperidine rings is 1. The van der Waals surface area contributed by atoms with Gasteiger partial charge in [0, 0.05) is 25.4 Å². The van der Waals surface area contributed by atoms with Crippen molar-refractivity contribution >= 4 is 17.8 Å². The van der Waals surface area contributed by atoms with Crippen molar-refractivity contribution in [2.24, 2.45) is 5.92 Å². The number of hydrogen-bond acceptors (Lipinski definition) is 4. The monoisotopic (exact) mass is 329 g/mol. The van der Waals surface area contributed by atoms with Crippen molar-refractivity contribution in [2.75, 3.05) is 18.4 Å². The first-order valence-electron chi connectivity index (χ1n) is 7.80. The number of carboxylic acids is 1. The summed E-state index contributed by atoms with van der Waals surface area (Å²) in [4.78, 5) is 29.4. The van der Waals surface area contributed by atoms with Crippen molar-refractivity contribution in [1.82, 2.24) is 19.7 Å². The van der Waals surface area contributed by atoms with Crippen LogP contribution in [0.2, 0.25) is 0 Å². The Morgan fingerprint density at radius 1 is 1.33 bits per heavy atom. The van der Waals surface area contributed by atoms with E-state index in [0.29, 0.717) is 31.0 Å². The number of carbonyl (C=O) groups is 2. The number of pyridine rings is 1. The van der Waals surface area contributed by atoms with Gasteiger partial charge in [-0.05, 0) is 37.5 Å². The van der Waals surface area contributed by atoms with Gasteiger partial charge in [-0.15, -0.1) is 0 Å². The van der Waals surface area contributed by atoms with Crippen LogP contribution in [0.5, 0.6) is 0 Å². The Labute approximate surface area is 139 Å². The third-order valence-corrected chi connectivity index (χ3v) is 4.05. The van der Waals surface area contributed by atoms with Crippen LogP contribution >= 0.6 is 0 Å². The second-order valence-corrected chi connectivity index (χ2v) is 5.87. The predicted octanol–water partition coefficient (Wildman–Crippen LogP) is 1.90. The number of aromatic nitrogens is 3. The third kappa shape index (κ3) is 3.37.